The molecule has 0 aliphatic carbocycles. The summed E-state index contributed by atoms with van der Waals surface area (Å²) in [7, 11) is 0. The molecule has 0 saturated carbocycles. The van der Waals surface area contributed by atoms with Crippen molar-refractivity contribution in [2.24, 2.45) is 0 Å². The van der Waals surface area contributed by atoms with Crippen LogP contribution in [0, 0.1) is 0 Å². The maximum Gasteiger partial charge on any atom is 0.224 e. The van der Waals surface area contributed by atoms with Crippen molar-refractivity contribution in [3.8, 4) is 5.75 Å². The molecule has 3 nitrogen and oxygen atoms in total. The van der Waals surface area contributed by atoms with Crippen LogP contribution in [0.3, 0.4) is 0 Å². The number of nitrogens with zero attached hydrogens (tertiary/aromatic N) is 1. The molecule has 2 heterocycles. The summed E-state index contributed by atoms with van der Waals surface area (Å²) in [6.07, 6.45) is 1.60. The van der Waals surface area contributed by atoms with E-state index in [-0.39, 0.29) is 5.91 Å². The van der Waals surface area contributed by atoms with Gasteiger partial charge in [-0.05, 0) is 17.2 Å². The molecule has 0 spiro atoms. The lowest BCUT2D eigenvalue weighted by molar-refractivity contribution is -0.128. The van der Waals surface area contributed by atoms with Crippen LogP contribution in [0.4, 0.5) is 0 Å². The minimum absolute atomic E-state index is 0.239. The number of hydrogen-bond acceptors (Lipinski definition) is 2. The fourth-order valence-corrected chi connectivity index (χ4v) is 3.06. The Kier molecular flexibility index (Phi) is 2.82. The van der Waals surface area contributed by atoms with E-state index in [2.05, 4.69) is 28.1 Å². The lowest BCUT2D eigenvalue weighted by atomic mass is 10.1. The summed E-state index contributed by atoms with van der Waals surface area (Å²) in [5.41, 5.74) is 2.47. The third kappa shape index (κ3) is 2.18. The Hall–Kier alpha value is -1.03. The molecule has 3 rings (SSSR count). The van der Waals surface area contributed by atoms with Crippen LogP contribution in [0.2, 0.25) is 0 Å². The van der Waals surface area contributed by atoms with E-state index in [4.69, 9.17) is 4.74 Å². The lowest BCUT2D eigenvalue weighted by Crippen LogP contribution is -2.24. The zero-order valence-corrected chi connectivity index (χ0v) is 11.1. The zero-order valence-electron chi connectivity index (χ0n) is 9.49. The number of benzene rings is 1. The maximum absolute atomic E-state index is 11.7. The van der Waals surface area contributed by atoms with Gasteiger partial charge in [0.1, 0.15) is 5.75 Å². The van der Waals surface area contributed by atoms with Crippen molar-refractivity contribution >= 4 is 21.8 Å². The van der Waals surface area contributed by atoms with Gasteiger partial charge >= 0.3 is 0 Å². The molecule has 1 aromatic rings. The predicted molar refractivity (Wildman–Crippen MR) is 68.4 cm³/mol. The van der Waals surface area contributed by atoms with Crippen molar-refractivity contribution in [1.82, 2.24) is 4.90 Å². The van der Waals surface area contributed by atoms with Gasteiger partial charge in [0.05, 0.1) is 6.61 Å². The second-order valence-electron chi connectivity index (χ2n) is 4.62. The molecule has 1 aromatic carbocycles. The van der Waals surface area contributed by atoms with E-state index < -0.39 is 0 Å². The Morgan fingerprint density at radius 3 is 3.12 bits per heavy atom. The highest BCUT2D eigenvalue weighted by Crippen LogP contribution is 2.27. The predicted octanol–water partition coefficient (Wildman–Crippen LogP) is 2.12. The summed E-state index contributed by atoms with van der Waals surface area (Å²) >= 11 is 3.50. The van der Waals surface area contributed by atoms with Crippen molar-refractivity contribution in [2.45, 2.75) is 24.2 Å². The van der Waals surface area contributed by atoms with Gasteiger partial charge in [-0.2, -0.15) is 0 Å². The topological polar surface area (TPSA) is 29.5 Å². The van der Waals surface area contributed by atoms with Crippen LogP contribution < -0.4 is 4.74 Å². The standard InChI is InChI=1S/C13H14BrNO2/c14-11-6-13(16)15(8-11)7-9-1-2-12-10(5-9)3-4-17-12/h1-2,5,11H,3-4,6-8H2. The van der Waals surface area contributed by atoms with Crippen LogP contribution in [-0.4, -0.2) is 28.8 Å². The van der Waals surface area contributed by atoms with E-state index in [1.165, 1.54) is 11.1 Å². The van der Waals surface area contributed by atoms with Gasteiger partial charge in [0.15, 0.2) is 0 Å². The number of rotatable bonds is 2. The summed E-state index contributed by atoms with van der Waals surface area (Å²) in [6, 6.07) is 6.24. The quantitative estimate of drug-likeness (QED) is 0.782. The second kappa shape index (κ2) is 4.33. The van der Waals surface area contributed by atoms with Crippen molar-refractivity contribution < 1.29 is 9.53 Å². The van der Waals surface area contributed by atoms with E-state index in [1.807, 2.05) is 11.0 Å². The van der Waals surface area contributed by atoms with Crippen LogP contribution in [0.5, 0.6) is 5.75 Å². The normalized spacial score (nSPS) is 22.8. The van der Waals surface area contributed by atoms with Crippen LogP contribution in [0.15, 0.2) is 18.2 Å². The first kappa shape index (κ1) is 11.1. The van der Waals surface area contributed by atoms with Crippen molar-refractivity contribution in [2.75, 3.05) is 13.2 Å². The number of amides is 1. The number of hydrogen-bond donors (Lipinski definition) is 0. The molecule has 2 aliphatic rings. The summed E-state index contributed by atoms with van der Waals surface area (Å²) < 4.78 is 5.47. The number of likely N-dealkylation sites (tertiary alicyclic amines) is 1. The molecular weight excluding hydrogens is 282 g/mol. The Morgan fingerprint density at radius 2 is 2.35 bits per heavy atom. The summed E-state index contributed by atoms with van der Waals surface area (Å²) in [5.74, 6) is 1.24. The van der Waals surface area contributed by atoms with Gasteiger partial charge < -0.3 is 9.64 Å². The Labute approximate surface area is 109 Å². The van der Waals surface area contributed by atoms with Gasteiger partial charge in [0, 0.05) is 30.8 Å². The van der Waals surface area contributed by atoms with E-state index >= 15 is 0 Å². The first-order chi connectivity index (χ1) is 8.22. The van der Waals surface area contributed by atoms with Gasteiger partial charge in [0.25, 0.3) is 0 Å². The molecule has 90 valence electrons. The summed E-state index contributed by atoms with van der Waals surface area (Å²) in [6.45, 7) is 2.31. The van der Waals surface area contributed by atoms with Gasteiger partial charge in [-0.15, -0.1) is 0 Å². The molecule has 1 atom stereocenters. The highest BCUT2D eigenvalue weighted by Gasteiger charge is 2.27. The molecule has 1 amide bonds. The number of fused-ring (bicyclic) bond motifs is 1. The Balaban J connectivity index is 1.75. The largest absolute Gasteiger partial charge is 0.493 e. The summed E-state index contributed by atoms with van der Waals surface area (Å²) in [4.78, 5) is 13.9. The number of carbonyl (C=O) groups excluding carboxylic acids is 1. The van der Waals surface area contributed by atoms with Gasteiger partial charge in [-0.3, -0.25) is 4.79 Å². The van der Waals surface area contributed by atoms with Crippen molar-refractivity contribution in [3.05, 3.63) is 29.3 Å². The molecular formula is C13H14BrNO2. The molecule has 0 aromatic heterocycles. The van der Waals surface area contributed by atoms with Crippen LogP contribution in [0.1, 0.15) is 17.5 Å². The maximum atomic E-state index is 11.7. The lowest BCUT2D eigenvalue weighted by Gasteiger charge is -2.16. The molecule has 0 N–H and O–H groups in total. The van der Waals surface area contributed by atoms with Gasteiger partial charge in [-0.25, -0.2) is 0 Å². The molecule has 1 unspecified atom stereocenters. The second-order valence-corrected chi connectivity index (χ2v) is 5.91. The van der Waals surface area contributed by atoms with E-state index in [9.17, 15) is 4.79 Å². The van der Waals surface area contributed by atoms with E-state index in [1.54, 1.807) is 0 Å². The molecule has 4 heteroatoms. The minimum Gasteiger partial charge on any atom is -0.493 e. The first-order valence-corrected chi connectivity index (χ1v) is 6.80. The van der Waals surface area contributed by atoms with Crippen molar-refractivity contribution in [3.63, 3.8) is 0 Å². The SMILES string of the molecule is O=C1CC(Br)CN1Cc1ccc2c(c1)CCO2. The number of ether oxygens (including phenoxy) is 1. The fourth-order valence-electron chi connectivity index (χ4n) is 2.44. The van der Waals surface area contributed by atoms with E-state index in [0.29, 0.717) is 17.8 Å². The van der Waals surface area contributed by atoms with Crippen molar-refractivity contribution in [1.29, 1.82) is 0 Å². The fraction of sp³-hybridized carbons (Fsp3) is 0.462. The Bertz CT molecular complexity index is 461. The average Bonchev–Trinajstić information content (AvgIpc) is 2.85. The number of carbonyl (C=O) groups is 1. The van der Waals surface area contributed by atoms with Gasteiger partial charge in [-0.1, -0.05) is 28.1 Å². The average molecular weight is 296 g/mol. The highest BCUT2D eigenvalue weighted by molar-refractivity contribution is 9.09. The smallest absolute Gasteiger partial charge is 0.224 e. The molecule has 1 fully saturated rings. The highest BCUT2D eigenvalue weighted by atomic mass is 79.9. The number of alkyl halides is 1. The zero-order chi connectivity index (χ0) is 11.8. The van der Waals surface area contributed by atoms with Crippen LogP contribution >= 0.6 is 15.9 Å². The first-order valence-electron chi connectivity index (χ1n) is 5.89. The third-order valence-electron chi connectivity index (χ3n) is 3.29. The molecule has 1 saturated heterocycles. The third-order valence-corrected chi connectivity index (χ3v) is 3.91. The van der Waals surface area contributed by atoms with E-state index in [0.717, 1.165) is 25.3 Å². The van der Waals surface area contributed by atoms with Crippen LogP contribution in [-0.2, 0) is 17.8 Å². The van der Waals surface area contributed by atoms with Crippen LogP contribution in [0.25, 0.3) is 0 Å². The molecule has 0 radical (unpaired) electrons. The molecule has 0 bridgehead atoms. The van der Waals surface area contributed by atoms with Gasteiger partial charge in [0.2, 0.25) is 5.91 Å². The monoisotopic (exact) mass is 295 g/mol. The summed E-state index contributed by atoms with van der Waals surface area (Å²) in [5, 5.41) is 0. The molecule has 2 aliphatic heterocycles. The number of halogens is 1. The Morgan fingerprint density at radius 1 is 1.47 bits per heavy atom. The molecule has 17 heavy (non-hydrogen) atoms. The minimum atomic E-state index is 0.239.